The molecule has 1 aliphatic rings. The van der Waals surface area contributed by atoms with Crippen molar-refractivity contribution in [3.05, 3.63) is 53.9 Å². The van der Waals surface area contributed by atoms with Crippen molar-refractivity contribution in [2.45, 2.75) is 26.7 Å². The van der Waals surface area contributed by atoms with E-state index in [4.69, 9.17) is 0 Å². The fourth-order valence-electron chi connectivity index (χ4n) is 3.49. The number of rotatable bonds is 3. The Hall–Kier alpha value is -2.96. The van der Waals surface area contributed by atoms with Gasteiger partial charge in [-0.25, -0.2) is 14.4 Å². The molecule has 1 aliphatic heterocycles. The van der Waals surface area contributed by atoms with Gasteiger partial charge in [0.1, 0.15) is 23.0 Å². The highest BCUT2D eigenvalue weighted by Gasteiger charge is 2.19. The predicted octanol–water partition coefficient (Wildman–Crippen LogP) is 3.67. The summed E-state index contributed by atoms with van der Waals surface area (Å²) in [6.07, 6.45) is 5.27. The Balaban J connectivity index is 1.52. The zero-order valence-electron chi connectivity index (χ0n) is 15.4. The Morgan fingerprint density at radius 3 is 2.70 bits per heavy atom. The first-order valence-corrected chi connectivity index (χ1v) is 9.18. The number of piperidine rings is 1. The molecule has 1 amide bonds. The third kappa shape index (κ3) is 3.49. The summed E-state index contributed by atoms with van der Waals surface area (Å²) in [5.41, 5.74) is 2.00. The zero-order valence-corrected chi connectivity index (χ0v) is 15.4. The van der Waals surface area contributed by atoms with Crippen LogP contribution in [0.25, 0.3) is 5.65 Å². The Bertz CT molecular complexity index is 974. The Morgan fingerprint density at radius 2 is 2.00 bits per heavy atom. The van der Waals surface area contributed by atoms with Crippen molar-refractivity contribution in [1.29, 1.82) is 0 Å². The van der Waals surface area contributed by atoms with Crippen molar-refractivity contribution in [2.75, 3.05) is 23.3 Å². The van der Waals surface area contributed by atoms with Gasteiger partial charge in [-0.15, -0.1) is 0 Å². The van der Waals surface area contributed by atoms with Gasteiger partial charge in [-0.3, -0.25) is 9.20 Å². The molecule has 0 saturated carbocycles. The maximum atomic E-state index is 13.6. The molecule has 0 aromatic carbocycles. The molecule has 140 valence electrons. The van der Waals surface area contributed by atoms with Crippen LogP contribution in [0.15, 0.2) is 36.7 Å². The first-order valence-electron chi connectivity index (χ1n) is 9.18. The lowest BCUT2D eigenvalue weighted by atomic mass is 9.99. The number of aromatic nitrogens is 3. The molecule has 4 heterocycles. The van der Waals surface area contributed by atoms with E-state index in [1.54, 1.807) is 19.2 Å². The number of fused-ring (bicyclic) bond motifs is 1. The van der Waals surface area contributed by atoms with Crippen LogP contribution in [0.2, 0.25) is 0 Å². The molecule has 6 nitrogen and oxygen atoms in total. The Morgan fingerprint density at radius 1 is 1.22 bits per heavy atom. The molecule has 0 unspecified atom stereocenters. The number of anilines is 2. The largest absolute Gasteiger partial charge is 0.357 e. The van der Waals surface area contributed by atoms with Gasteiger partial charge in [-0.05, 0) is 49.9 Å². The normalized spacial score (nSPS) is 15.3. The minimum absolute atomic E-state index is 0.318. The maximum absolute atomic E-state index is 13.6. The molecule has 3 aromatic rings. The van der Waals surface area contributed by atoms with Crippen LogP contribution in [0.5, 0.6) is 0 Å². The summed E-state index contributed by atoms with van der Waals surface area (Å²) in [5, 5.41) is 2.83. The van der Waals surface area contributed by atoms with Crippen molar-refractivity contribution in [2.24, 2.45) is 5.92 Å². The van der Waals surface area contributed by atoms with E-state index in [1.807, 2.05) is 12.1 Å². The number of hydrogen-bond acceptors (Lipinski definition) is 4. The number of imidazole rings is 1. The topological polar surface area (TPSA) is 62.5 Å². The minimum atomic E-state index is -0.421. The molecule has 0 atom stereocenters. The lowest BCUT2D eigenvalue weighted by Crippen LogP contribution is -2.33. The Kier molecular flexibility index (Phi) is 4.51. The van der Waals surface area contributed by atoms with Gasteiger partial charge in [0, 0.05) is 19.3 Å². The monoisotopic (exact) mass is 367 g/mol. The van der Waals surface area contributed by atoms with E-state index in [9.17, 15) is 9.18 Å². The van der Waals surface area contributed by atoms with Crippen molar-refractivity contribution in [3.8, 4) is 0 Å². The summed E-state index contributed by atoms with van der Waals surface area (Å²) in [4.78, 5) is 23.8. The first kappa shape index (κ1) is 17.5. The summed E-state index contributed by atoms with van der Waals surface area (Å²) in [6, 6.07) is 6.65. The van der Waals surface area contributed by atoms with Crippen LogP contribution in [0.3, 0.4) is 0 Å². The number of amides is 1. The second-order valence-electron chi connectivity index (χ2n) is 7.15. The summed E-state index contributed by atoms with van der Waals surface area (Å²) >= 11 is 0. The zero-order chi connectivity index (χ0) is 19.0. The first-order chi connectivity index (χ1) is 13.0. The van der Waals surface area contributed by atoms with Crippen molar-refractivity contribution in [1.82, 2.24) is 14.4 Å². The van der Waals surface area contributed by atoms with E-state index in [0.717, 1.165) is 24.8 Å². The average molecular weight is 367 g/mol. The standard InChI is InChI=1S/C20H22FN5O/c1-13-7-9-25(10-8-13)17-6-4-16(11-22-17)24-20(27)19-14(2)23-18-5-3-15(21)12-26(18)19/h3-6,11-13H,7-10H2,1-2H3,(H,24,27). The van der Waals surface area contributed by atoms with Gasteiger partial charge in [0.25, 0.3) is 5.91 Å². The molecular weight excluding hydrogens is 345 g/mol. The van der Waals surface area contributed by atoms with Gasteiger partial charge in [-0.2, -0.15) is 0 Å². The van der Waals surface area contributed by atoms with Crippen LogP contribution >= 0.6 is 0 Å². The molecule has 1 N–H and O–H groups in total. The highest BCUT2D eigenvalue weighted by atomic mass is 19.1. The van der Waals surface area contributed by atoms with Crippen LogP contribution in [0.1, 0.15) is 35.9 Å². The van der Waals surface area contributed by atoms with Gasteiger partial charge in [-0.1, -0.05) is 6.92 Å². The molecule has 0 radical (unpaired) electrons. The van der Waals surface area contributed by atoms with E-state index in [1.165, 1.54) is 29.5 Å². The summed E-state index contributed by atoms with van der Waals surface area (Å²) in [7, 11) is 0. The third-order valence-electron chi connectivity index (χ3n) is 5.09. The molecule has 0 bridgehead atoms. The minimum Gasteiger partial charge on any atom is -0.357 e. The lowest BCUT2D eigenvalue weighted by molar-refractivity contribution is 0.102. The number of pyridine rings is 2. The van der Waals surface area contributed by atoms with E-state index < -0.39 is 5.82 Å². The van der Waals surface area contributed by atoms with Crippen LogP contribution in [-0.4, -0.2) is 33.4 Å². The van der Waals surface area contributed by atoms with E-state index in [-0.39, 0.29) is 5.91 Å². The number of nitrogens with one attached hydrogen (secondary N) is 1. The Labute approximate surface area is 157 Å². The highest BCUT2D eigenvalue weighted by Crippen LogP contribution is 2.22. The van der Waals surface area contributed by atoms with Gasteiger partial charge in [0.15, 0.2) is 0 Å². The molecular formula is C20H22FN5O. The van der Waals surface area contributed by atoms with E-state index >= 15 is 0 Å². The lowest BCUT2D eigenvalue weighted by Gasteiger charge is -2.31. The van der Waals surface area contributed by atoms with Crippen LogP contribution in [0, 0.1) is 18.7 Å². The fourth-order valence-corrected chi connectivity index (χ4v) is 3.49. The molecule has 0 spiro atoms. The molecule has 1 saturated heterocycles. The average Bonchev–Trinajstić information content (AvgIpc) is 2.98. The predicted molar refractivity (Wildman–Crippen MR) is 103 cm³/mol. The summed E-state index contributed by atoms with van der Waals surface area (Å²) in [5.74, 6) is 0.925. The van der Waals surface area contributed by atoms with Crippen molar-refractivity contribution >= 4 is 23.1 Å². The highest BCUT2D eigenvalue weighted by molar-refractivity contribution is 6.04. The number of halogens is 1. The fraction of sp³-hybridized carbons (Fsp3) is 0.350. The van der Waals surface area contributed by atoms with Gasteiger partial charge in [0.05, 0.1) is 17.6 Å². The maximum Gasteiger partial charge on any atom is 0.274 e. The number of hydrogen-bond donors (Lipinski definition) is 1. The number of aryl methyl sites for hydroxylation is 1. The van der Waals surface area contributed by atoms with Gasteiger partial charge >= 0.3 is 0 Å². The molecule has 7 heteroatoms. The number of nitrogens with zero attached hydrogens (tertiary/aromatic N) is 4. The second-order valence-corrected chi connectivity index (χ2v) is 7.15. The summed E-state index contributed by atoms with van der Waals surface area (Å²) in [6.45, 7) is 6.02. The van der Waals surface area contributed by atoms with Crippen LogP contribution in [-0.2, 0) is 0 Å². The third-order valence-corrected chi connectivity index (χ3v) is 5.09. The number of carbonyl (C=O) groups is 1. The summed E-state index contributed by atoms with van der Waals surface area (Å²) < 4.78 is 15.0. The van der Waals surface area contributed by atoms with Gasteiger partial charge < -0.3 is 10.2 Å². The molecule has 3 aromatic heterocycles. The molecule has 1 fully saturated rings. The van der Waals surface area contributed by atoms with Crippen molar-refractivity contribution < 1.29 is 9.18 Å². The van der Waals surface area contributed by atoms with E-state index in [0.29, 0.717) is 22.7 Å². The van der Waals surface area contributed by atoms with Crippen LogP contribution < -0.4 is 10.2 Å². The van der Waals surface area contributed by atoms with Gasteiger partial charge in [0.2, 0.25) is 0 Å². The molecule has 0 aliphatic carbocycles. The SMILES string of the molecule is Cc1nc2ccc(F)cn2c1C(=O)Nc1ccc(N2CCC(C)CC2)nc1. The molecule has 4 rings (SSSR count). The van der Waals surface area contributed by atoms with E-state index in [2.05, 4.69) is 27.1 Å². The number of carbonyl (C=O) groups excluding carboxylic acids is 1. The quantitative estimate of drug-likeness (QED) is 0.767. The second kappa shape index (κ2) is 6.98. The van der Waals surface area contributed by atoms with Crippen molar-refractivity contribution in [3.63, 3.8) is 0 Å². The smallest absolute Gasteiger partial charge is 0.274 e. The molecule has 27 heavy (non-hydrogen) atoms. The van der Waals surface area contributed by atoms with Crippen LogP contribution in [0.4, 0.5) is 15.9 Å².